The molecule has 0 amide bonds. The molecular formula is C12H24N4O2S. The summed E-state index contributed by atoms with van der Waals surface area (Å²) in [5.74, 6) is 0. The van der Waals surface area contributed by atoms with Crippen molar-refractivity contribution in [1.29, 1.82) is 0 Å². The molecule has 0 saturated carbocycles. The summed E-state index contributed by atoms with van der Waals surface area (Å²) in [6.07, 6.45) is 0.802. The van der Waals surface area contributed by atoms with E-state index >= 15 is 0 Å². The van der Waals surface area contributed by atoms with Gasteiger partial charge in [-0.15, -0.1) is 0 Å². The number of aryl methyl sites for hydroxylation is 2. The van der Waals surface area contributed by atoms with Gasteiger partial charge in [0.15, 0.2) is 0 Å². The summed E-state index contributed by atoms with van der Waals surface area (Å²) in [6.45, 7) is 10.9. The molecule has 110 valence electrons. The number of sulfonamides is 1. The van der Waals surface area contributed by atoms with Crippen LogP contribution in [0.3, 0.4) is 0 Å². The number of aromatic amines is 1. The third-order valence-corrected chi connectivity index (χ3v) is 4.89. The number of H-pyrrole nitrogens is 1. The van der Waals surface area contributed by atoms with Gasteiger partial charge in [0.05, 0.1) is 11.4 Å². The Morgan fingerprint density at radius 1 is 1.26 bits per heavy atom. The number of nitrogens with zero attached hydrogens (tertiary/aromatic N) is 2. The van der Waals surface area contributed by atoms with Gasteiger partial charge in [0.2, 0.25) is 10.0 Å². The molecule has 0 aliphatic rings. The smallest absolute Gasteiger partial charge is 0.244 e. The van der Waals surface area contributed by atoms with Crippen molar-refractivity contribution in [2.75, 3.05) is 26.2 Å². The molecule has 7 heteroatoms. The number of aromatic nitrogens is 2. The molecule has 19 heavy (non-hydrogen) atoms. The zero-order valence-corrected chi connectivity index (χ0v) is 13.0. The van der Waals surface area contributed by atoms with Crippen LogP contribution in [0.25, 0.3) is 0 Å². The van der Waals surface area contributed by atoms with Crippen molar-refractivity contribution >= 4 is 10.0 Å². The maximum atomic E-state index is 12.1. The van der Waals surface area contributed by atoms with Crippen LogP contribution in [-0.4, -0.2) is 49.7 Å². The monoisotopic (exact) mass is 288 g/mol. The van der Waals surface area contributed by atoms with E-state index in [2.05, 4.69) is 33.7 Å². The molecule has 2 N–H and O–H groups in total. The highest BCUT2D eigenvalue weighted by molar-refractivity contribution is 7.89. The minimum atomic E-state index is -3.45. The summed E-state index contributed by atoms with van der Waals surface area (Å²) < 4.78 is 26.9. The van der Waals surface area contributed by atoms with Gasteiger partial charge in [0, 0.05) is 6.54 Å². The fraction of sp³-hybridized carbons (Fsp3) is 0.750. The van der Waals surface area contributed by atoms with E-state index in [1.54, 1.807) is 13.8 Å². The van der Waals surface area contributed by atoms with Gasteiger partial charge in [0.1, 0.15) is 4.90 Å². The summed E-state index contributed by atoms with van der Waals surface area (Å²) in [5.41, 5.74) is 1.09. The molecule has 0 fully saturated rings. The third-order valence-electron chi connectivity index (χ3n) is 3.17. The Bertz CT molecular complexity index is 472. The Labute approximate surface area is 115 Å². The van der Waals surface area contributed by atoms with Crippen molar-refractivity contribution in [2.45, 2.75) is 39.0 Å². The molecule has 0 aromatic carbocycles. The summed E-state index contributed by atoms with van der Waals surface area (Å²) >= 11 is 0. The van der Waals surface area contributed by atoms with Gasteiger partial charge in [-0.05, 0) is 39.9 Å². The summed E-state index contributed by atoms with van der Waals surface area (Å²) in [6, 6.07) is 0. The van der Waals surface area contributed by atoms with Crippen molar-refractivity contribution < 1.29 is 8.42 Å². The van der Waals surface area contributed by atoms with Crippen LogP contribution in [0, 0.1) is 13.8 Å². The van der Waals surface area contributed by atoms with Crippen LogP contribution >= 0.6 is 0 Å². The zero-order valence-electron chi connectivity index (χ0n) is 12.2. The highest BCUT2D eigenvalue weighted by Crippen LogP contribution is 2.15. The zero-order chi connectivity index (χ0) is 14.5. The second kappa shape index (κ2) is 7.02. The molecule has 0 aliphatic carbocycles. The predicted molar refractivity (Wildman–Crippen MR) is 75.7 cm³/mol. The van der Waals surface area contributed by atoms with Crippen LogP contribution in [0.15, 0.2) is 4.90 Å². The number of rotatable bonds is 8. The maximum Gasteiger partial charge on any atom is 0.244 e. The first-order chi connectivity index (χ1) is 8.92. The van der Waals surface area contributed by atoms with Crippen molar-refractivity contribution in [1.82, 2.24) is 19.8 Å². The van der Waals surface area contributed by atoms with Gasteiger partial charge in [-0.25, -0.2) is 13.1 Å². The van der Waals surface area contributed by atoms with Crippen LogP contribution in [0.2, 0.25) is 0 Å². The van der Waals surface area contributed by atoms with Gasteiger partial charge in [-0.1, -0.05) is 13.8 Å². The Kier molecular flexibility index (Phi) is 5.96. The van der Waals surface area contributed by atoms with E-state index in [-0.39, 0.29) is 4.90 Å². The first-order valence-electron chi connectivity index (χ1n) is 6.66. The lowest BCUT2D eigenvalue weighted by Gasteiger charge is -2.17. The van der Waals surface area contributed by atoms with Gasteiger partial charge in [0.25, 0.3) is 0 Å². The average Bonchev–Trinajstić information content (AvgIpc) is 2.70. The molecule has 0 aliphatic heterocycles. The number of hydrogen-bond acceptors (Lipinski definition) is 4. The van der Waals surface area contributed by atoms with E-state index in [4.69, 9.17) is 0 Å². The van der Waals surface area contributed by atoms with E-state index in [1.165, 1.54) is 0 Å². The second-order valence-electron chi connectivity index (χ2n) is 4.54. The minimum Gasteiger partial charge on any atom is -0.304 e. The molecule has 0 unspecified atom stereocenters. The van der Waals surface area contributed by atoms with Crippen molar-refractivity contribution in [2.24, 2.45) is 0 Å². The normalized spacial score (nSPS) is 12.3. The molecule has 0 atom stereocenters. The Morgan fingerprint density at radius 2 is 1.89 bits per heavy atom. The summed E-state index contributed by atoms with van der Waals surface area (Å²) in [7, 11) is -3.45. The van der Waals surface area contributed by atoms with Gasteiger partial charge in [-0.3, -0.25) is 5.10 Å². The van der Waals surface area contributed by atoms with Crippen molar-refractivity contribution in [3.63, 3.8) is 0 Å². The number of nitrogens with one attached hydrogen (secondary N) is 2. The lowest BCUT2D eigenvalue weighted by Crippen LogP contribution is -2.30. The van der Waals surface area contributed by atoms with Gasteiger partial charge >= 0.3 is 0 Å². The minimum absolute atomic E-state index is 0.273. The average molecular weight is 288 g/mol. The fourth-order valence-electron chi connectivity index (χ4n) is 2.06. The second-order valence-corrected chi connectivity index (χ2v) is 6.25. The first-order valence-corrected chi connectivity index (χ1v) is 8.14. The lowest BCUT2D eigenvalue weighted by molar-refractivity contribution is 0.300. The Morgan fingerprint density at radius 3 is 2.37 bits per heavy atom. The highest BCUT2D eigenvalue weighted by Gasteiger charge is 2.21. The molecule has 0 bridgehead atoms. The SMILES string of the molecule is CCN(CC)CCCNS(=O)(=O)c1c(C)n[nH]c1C. The predicted octanol–water partition coefficient (Wildman–Crippen LogP) is 1.04. The molecule has 1 aromatic heterocycles. The first kappa shape index (κ1) is 16.1. The fourth-order valence-corrected chi connectivity index (χ4v) is 3.50. The number of hydrogen-bond donors (Lipinski definition) is 2. The Balaban J connectivity index is 2.53. The van der Waals surface area contributed by atoms with E-state index in [1.807, 2.05) is 0 Å². The lowest BCUT2D eigenvalue weighted by atomic mass is 10.4. The molecule has 6 nitrogen and oxygen atoms in total. The quantitative estimate of drug-likeness (QED) is 0.701. The van der Waals surface area contributed by atoms with E-state index in [0.717, 1.165) is 26.1 Å². The molecule has 1 rings (SSSR count). The highest BCUT2D eigenvalue weighted by atomic mass is 32.2. The standard InChI is InChI=1S/C12H24N4O2S/c1-5-16(6-2)9-7-8-13-19(17,18)12-10(3)14-15-11(12)4/h13H,5-9H2,1-4H3,(H,14,15). The molecular weight excluding hydrogens is 264 g/mol. The van der Waals surface area contributed by atoms with Crippen LogP contribution in [0.1, 0.15) is 31.7 Å². The largest absolute Gasteiger partial charge is 0.304 e. The topological polar surface area (TPSA) is 78.1 Å². The van der Waals surface area contributed by atoms with Crippen molar-refractivity contribution in [3.8, 4) is 0 Å². The van der Waals surface area contributed by atoms with Crippen molar-refractivity contribution in [3.05, 3.63) is 11.4 Å². The Hall–Kier alpha value is -0.920. The van der Waals surface area contributed by atoms with E-state index in [9.17, 15) is 8.42 Å². The van der Waals surface area contributed by atoms with E-state index < -0.39 is 10.0 Å². The van der Waals surface area contributed by atoms with Crippen LogP contribution in [0.4, 0.5) is 0 Å². The summed E-state index contributed by atoms with van der Waals surface area (Å²) in [4.78, 5) is 2.54. The molecule has 0 spiro atoms. The van der Waals surface area contributed by atoms with E-state index in [0.29, 0.717) is 17.9 Å². The van der Waals surface area contributed by atoms with Crippen LogP contribution in [-0.2, 0) is 10.0 Å². The molecule has 0 radical (unpaired) electrons. The maximum absolute atomic E-state index is 12.1. The molecule has 0 saturated heterocycles. The molecule has 1 aromatic rings. The van der Waals surface area contributed by atoms with Crippen LogP contribution in [0.5, 0.6) is 0 Å². The van der Waals surface area contributed by atoms with Gasteiger partial charge in [-0.2, -0.15) is 5.10 Å². The molecule has 1 heterocycles. The van der Waals surface area contributed by atoms with Crippen LogP contribution < -0.4 is 4.72 Å². The van der Waals surface area contributed by atoms with Gasteiger partial charge < -0.3 is 4.90 Å². The summed E-state index contributed by atoms with van der Waals surface area (Å²) in [5, 5.41) is 6.61. The third kappa shape index (κ3) is 4.29.